The monoisotopic (exact) mass is 254 g/mol. The van der Waals surface area contributed by atoms with Crippen LogP contribution in [0.1, 0.15) is 19.5 Å². The molecule has 0 unspecified atom stereocenters. The molecule has 0 bridgehead atoms. The molecule has 0 aliphatic rings. The van der Waals surface area contributed by atoms with Crippen molar-refractivity contribution in [3.8, 4) is 0 Å². The van der Waals surface area contributed by atoms with Gasteiger partial charge in [-0.05, 0) is 41.9 Å². The summed E-state index contributed by atoms with van der Waals surface area (Å²) in [7, 11) is 0. The van der Waals surface area contributed by atoms with E-state index in [1.165, 1.54) is 0 Å². The van der Waals surface area contributed by atoms with E-state index in [4.69, 9.17) is 0 Å². The number of halogens is 1. The Kier molecular flexibility index (Phi) is 2.12. The predicted molar refractivity (Wildman–Crippen MR) is 58.1 cm³/mol. The molecule has 0 aromatic carbocycles. The van der Waals surface area contributed by atoms with Gasteiger partial charge in [0, 0.05) is 0 Å². The van der Waals surface area contributed by atoms with Gasteiger partial charge in [0.2, 0.25) is 0 Å². The summed E-state index contributed by atoms with van der Waals surface area (Å²) in [6.07, 6.45) is 1.73. The number of pyridine rings is 1. The molecule has 2 aromatic heterocycles. The zero-order valence-corrected chi connectivity index (χ0v) is 9.62. The molecule has 2 aromatic rings. The summed E-state index contributed by atoms with van der Waals surface area (Å²) < 4.78 is 2.74. The van der Waals surface area contributed by atoms with Crippen molar-refractivity contribution in [3.05, 3.63) is 34.7 Å². The van der Waals surface area contributed by atoms with Gasteiger partial charge < -0.3 is 5.11 Å². The van der Waals surface area contributed by atoms with Crippen LogP contribution in [-0.4, -0.2) is 14.5 Å². The van der Waals surface area contributed by atoms with Crippen LogP contribution in [0.15, 0.2) is 29.0 Å². The average molecular weight is 255 g/mol. The van der Waals surface area contributed by atoms with Crippen LogP contribution in [0.4, 0.5) is 0 Å². The van der Waals surface area contributed by atoms with Crippen molar-refractivity contribution < 1.29 is 5.11 Å². The molecule has 14 heavy (non-hydrogen) atoms. The van der Waals surface area contributed by atoms with Gasteiger partial charge in [0.1, 0.15) is 10.3 Å². The zero-order chi connectivity index (χ0) is 10.3. The summed E-state index contributed by atoms with van der Waals surface area (Å²) in [5.41, 5.74) is 0.777. The van der Waals surface area contributed by atoms with Gasteiger partial charge in [0.25, 0.3) is 0 Å². The summed E-state index contributed by atoms with van der Waals surface area (Å²) in [5, 5.41) is 9.96. The summed E-state index contributed by atoms with van der Waals surface area (Å²) in [6.45, 7) is 3.52. The SMILES string of the molecule is CC(C)(O)c1cccc2ncc(Br)n12. The number of hydrogen-bond acceptors (Lipinski definition) is 2. The van der Waals surface area contributed by atoms with Crippen molar-refractivity contribution in [2.45, 2.75) is 19.4 Å². The second-order valence-corrected chi connectivity index (χ2v) is 4.56. The predicted octanol–water partition coefficient (Wildman–Crippen LogP) is 2.32. The number of hydrogen-bond donors (Lipinski definition) is 1. The first-order valence-electron chi connectivity index (χ1n) is 4.35. The second-order valence-electron chi connectivity index (χ2n) is 3.74. The Bertz CT molecular complexity index is 470. The lowest BCUT2D eigenvalue weighted by atomic mass is 10.0. The van der Waals surface area contributed by atoms with Crippen molar-refractivity contribution in [1.29, 1.82) is 0 Å². The lowest BCUT2D eigenvalue weighted by molar-refractivity contribution is 0.0724. The topological polar surface area (TPSA) is 37.5 Å². The third kappa shape index (κ3) is 1.44. The lowest BCUT2D eigenvalue weighted by Gasteiger charge is -2.19. The molecule has 0 saturated heterocycles. The smallest absolute Gasteiger partial charge is 0.137 e. The third-order valence-corrected chi connectivity index (χ3v) is 2.67. The summed E-state index contributed by atoms with van der Waals surface area (Å²) in [5.74, 6) is 0. The van der Waals surface area contributed by atoms with Crippen LogP contribution in [0, 0.1) is 0 Å². The maximum absolute atomic E-state index is 9.96. The van der Waals surface area contributed by atoms with Crippen LogP contribution in [0.25, 0.3) is 5.65 Å². The number of aliphatic hydroxyl groups is 1. The molecule has 0 fully saturated rings. The van der Waals surface area contributed by atoms with E-state index in [-0.39, 0.29) is 0 Å². The first-order valence-corrected chi connectivity index (χ1v) is 5.14. The highest BCUT2D eigenvalue weighted by molar-refractivity contribution is 9.10. The first kappa shape index (κ1) is 9.68. The molecule has 2 heterocycles. The highest BCUT2D eigenvalue weighted by atomic mass is 79.9. The van der Waals surface area contributed by atoms with E-state index in [9.17, 15) is 5.11 Å². The number of fused-ring (bicyclic) bond motifs is 1. The van der Waals surface area contributed by atoms with Crippen LogP contribution in [0.5, 0.6) is 0 Å². The molecule has 0 aliphatic carbocycles. The standard InChI is InChI=1S/C10H11BrN2O/c1-10(2,14)7-4-3-5-9-12-6-8(11)13(7)9/h3-6,14H,1-2H3. The fraction of sp³-hybridized carbons (Fsp3) is 0.300. The molecule has 0 amide bonds. The van der Waals surface area contributed by atoms with Crippen molar-refractivity contribution in [1.82, 2.24) is 9.38 Å². The Morgan fingerprint density at radius 2 is 2.14 bits per heavy atom. The Balaban J connectivity index is 2.82. The molecule has 4 heteroatoms. The fourth-order valence-corrected chi connectivity index (χ4v) is 1.95. The van der Waals surface area contributed by atoms with Crippen molar-refractivity contribution >= 4 is 21.6 Å². The minimum Gasteiger partial charge on any atom is -0.384 e. The maximum atomic E-state index is 9.96. The van der Waals surface area contributed by atoms with E-state index in [0.717, 1.165) is 15.9 Å². The molecule has 0 radical (unpaired) electrons. The molecule has 0 atom stereocenters. The summed E-state index contributed by atoms with van der Waals surface area (Å²) >= 11 is 3.40. The van der Waals surface area contributed by atoms with Gasteiger partial charge in [-0.25, -0.2) is 4.98 Å². The van der Waals surface area contributed by atoms with Gasteiger partial charge in [0.15, 0.2) is 0 Å². The van der Waals surface area contributed by atoms with Crippen LogP contribution >= 0.6 is 15.9 Å². The van der Waals surface area contributed by atoms with E-state index >= 15 is 0 Å². The van der Waals surface area contributed by atoms with Gasteiger partial charge in [-0.3, -0.25) is 4.40 Å². The first-order chi connectivity index (χ1) is 6.50. The normalized spacial score (nSPS) is 12.3. The van der Waals surface area contributed by atoms with Crippen LogP contribution in [-0.2, 0) is 5.60 Å². The zero-order valence-electron chi connectivity index (χ0n) is 8.03. The Morgan fingerprint density at radius 3 is 2.79 bits per heavy atom. The third-order valence-electron chi connectivity index (χ3n) is 2.11. The van der Waals surface area contributed by atoms with E-state index < -0.39 is 5.60 Å². The van der Waals surface area contributed by atoms with Gasteiger partial charge in [0.05, 0.1) is 17.5 Å². The fourth-order valence-electron chi connectivity index (χ4n) is 1.48. The molecule has 0 aliphatic heterocycles. The van der Waals surface area contributed by atoms with E-state index in [1.807, 2.05) is 22.6 Å². The van der Waals surface area contributed by atoms with E-state index in [0.29, 0.717) is 0 Å². The second kappa shape index (κ2) is 3.07. The molecule has 0 spiro atoms. The largest absolute Gasteiger partial charge is 0.384 e. The van der Waals surface area contributed by atoms with Gasteiger partial charge >= 0.3 is 0 Å². The average Bonchev–Trinajstić information content (AvgIpc) is 2.46. The number of imidazole rings is 1. The van der Waals surface area contributed by atoms with Crippen LogP contribution in [0.3, 0.4) is 0 Å². The molecule has 3 nitrogen and oxygen atoms in total. The highest BCUT2D eigenvalue weighted by Crippen LogP contribution is 2.24. The minimum absolute atomic E-state index is 0.819. The summed E-state index contributed by atoms with van der Waals surface area (Å²) in [6, 6.07) is 5.68. The maximum Gasteiger partial charge on any atom is 0.137 e. The van der Waals surface area contributed by atoms with Gasteiger partial charge in [-0.1, -0.05) is 6.07 Å². The van der Waals surface area contributed by atoms with Crippen molar-refractivity contribution in [2.24, 2.45) is 0 Å². The molecule has 2 rings (SSSR count). The van der Waals surface area contributed by atoms with Crippen LogP contribution < -0.4 is 0 Å². The van der Waals surface area contributed by atoms with Crippen molar-refractivity contribution in [3.63, 3.8) is 0 Å². The number of nitrogens with zero attached hydrogens (tertiary/aromatic N) is 2. The Hall–Kier alpha value is -0.870. The van der Waals surface area contributed by atoms with Gasteiger partial charge in [-0.2, -0.15) is 0 Å². The van der Waals surface area contributed by atoms with E-state index in [1.54, 1.807) is 20.0 Å². The number of aromatic nitrogens is 2. The van der Waals surface area contributed by atoms with Crippen LogP contribution in [0.2, 0.25) is 0 Å². The van der Waals surface area contributed by atoms with Crippen molar-refractivity contribution in [2.75, 3.05) is 0 Å². The minimum atomic E-state index is -0.872. The molecular weight excluding hydrogens is 244 g/mol. The Labute approximate surface area is 90.5 Å². The molecular formula is C10H11BrN2O. The molecule has 1 N–H and O–H groups in total. The molecule has 0 saturated carbocycles. The summed E-state index contributed by atoms with van der Waals surface area (Å²) in [4.78, 5) is 4.20. The van der Waals surface area contributed by atoms with E-state index in [2.05, 4.69) is 20.9 Å². The lowest BCUT2D eigenvalue weighted by Crippen LogP contribution is -2.19. The Morgan fingerprint density at radius 1 is 1.43 bits per heavy atom. The quantitative estimate of drug-likeness (QED) is 0.849. The number of rotatable bonds is 1. The van der Waals surface area contributed by atoms with Gasteiger partial charge in [-0.15, -0.1) is 0 Å². The highest BCUT2D eigenvalue weighted by Gasteiger charge is 2.20. The molecule has 74 valence electrons.